The summed E-state index contributed by atoms with van der Waals surface area (Å²) in [4.78, 5) is 25.0. The quantitative estimate of drug-likeness (QED) is 0.570. The van der Waals surface area contributed by atoms with E-state index in [1.54, 1.807) is 11.0 Å². The van der Waals surface area contributed by atoms with Crippen LogP contribution in [0.4, 0.5) is 0 Å². The predicted molar refractivity (Wildman–Crippen MR) is 73.0 cm³/mol. The molecule has 3 heteroatoms. The van der Waals surface area contributed by atoms with Crippen LogP contribution >= 0.6 is 0 Å². The third kappa shape index (κ3) is 4.53. The molecule has 0 N–H and O–H groups in total. The molecule has 0 heterocycles. The van der Waals surface area contributed by atoms with E-state index in [9.17, 15) is 9.59 Å². The minimum absolute atomic E-state index is 0.0506. The van der Waals surface area contributed by atoms with Crippen LogP contribution in [0.2, 0.25) is 0 Å². The molecule has 18 heavy (non-hydrogen) atoms. The predicted octanol–water partition coefficient (Wildman–Crippen LogP) is 2.53. The molecule has 0 radical (unpaired) electrons. The summed E-state index contributed by atoms with van der Waals surface area (Å²) in [6.45, 7) is 5.10. The molecule has 3 nitrogen and oxygen atoms in total. The summed E-state index contributed by atoms with van der Waals surface area (Å²) in [7, 11) is 0. The van der Waals surface area contributed by atoms with E-state index in [-0.39, 0.29) is 18.1 Å². The Kier molecular flexibility index (Phi) is 5.85. The lowest BCUT2D eigenvalue weighted by atomic mass is 10.1. The van der Waals surface area contributed by atoms with E-state index in [1.807, 2.05) is 44.2 Å². The van der Waals surface area contributed by atoms with Gasteiger partial charge >= 0.3 is 0 Å². The Labute approximate surface area is 108 Å². The first kappa shape index (κ1) is 14.2. The van der Waals surface area contributed by atoms with Gasteiger partial charge in [-0.2, -0.15) is 0 Å². The molecular formula is C15H19NO2. The average Bonchev–Trinajstić information content (AvgIpc) is 2.39. The van der Waals surface area contributed by atoms with Crippen LogP contribution in [-0.2, 0) is 9.59 Å². The van der Waals surface area contributed by atoms with Gasteiger partial charge in [0, 0.05) is 13.1 Å². The minimum atomic E-state index is -0.157. The van der Waals surface area contributed by atoms with Gasteiger partial charge in [-0.25, -0.2) is 0 Å². The number of amides is 1. The maximum Gasteiger partial charge on any atom is 0.230 e. The van der Waals surface area contributed by atoms with Crippen LogP contribution in [0.5, 0.6) is 0 Å². The normalized spacial score (nSPS) is 10.6. The Morgan fingerprint density at radius 3 is 2.28 bits per heavy atom. The molecule has 0 fully saturated rings. The molecule has 1 aromatic rings. The zero-order chi connectivity index (χ0) is 13.4. The van der Waals surface area contributed by atoms with Gasteiger partial charge in [0.25, 0.3) is 0 Å². The van der Waals surface area contributed by atoms with E-state index in [4.69, 9.17) is 0 Å². The van der Waals surface area contributed by atoms with Gasteiger partial charge < -0.3 is 4.90 Å². The number of allylic oxidation sites excluding steroid dienone is 1. The molecule has 0 saturated carbocycles. The molecule has 0 bridgehead atoms. The first-order valence-electron chi connectivity index (χ1n) is 6.21. The molecule has 0 unspecified atom stereocenters. The molecular weight excluding hydrogens is 226 g/mol. The van der Waals surface area contributed by atoms with Crippen LogP contribution in [-0.4, -0.2) is 29.7 Å². The van der Waals surface area contributed by atoms with E-state index in [0.29, 0.717) is 13.1 Å². The molecule has 0 spiro atoms. The van der Waals surface area contributed by atoms with Crippen molar-refractivity contribution in [3.8, 4) is 0 Å². The van der Waals surface area contributed by atoms with Crippen LogP contribution in [0.15, 0.2) is 36.4 Å². The third-order valence-electron chi connectivity index (χ3n) is 2.70. The van der Waals surface area contributed by atoms with Gasteiger partial charge in [-0.05, 0) is 25.5 Å². The van der Waals surface area contributed by atoms with Crippen LogP contribution in [0, 0.1) is 0 Å². The number of carbonyl (C=O) groups is 2. The molecule has 0 aliphatic rings. The van der Waals surface area contributed by atoms with Crippen molar-refractivity contribution in [1.29, 1.82) is 0 Å². The lowest BCUT2D eigenvalue weighted by Crippen LogP contribution is -2.31. The molecule has 1 amide bonds. The summed E-state index contributed by atoms with van der Waals surface area (Å²) < 4.78 is 0. The van der Waals surface area contributed by atoms with Gasteiger partial charge in [0.1, 0.15) is 0 Å². The van der Waals surface area contributed by atoms with Crippen molar-refractivity contribution in [1.82, 2.24) is 4.90 Å². The summed E-state index contributed by atoms with van der Waals surface area (Å²) >= 11 is 0. The highest BCUT2D eigenvalue weighted by atomic mass is 16.2. The van der Waals surface area contributed by atoms with Crippen molar-refractivity contribution in [2.24, 2.45) is 0 Å². The highest BCUT2D eigenvalue weighted by Crippen LogP contribution is 2.02. The Hall–Kier alpha value is -1.90. The number of carbonyl (C=O) groups excluding carboxylic acids is 2. The molecule has 0 saturated heterocycles. The largest absolute Gasteiger partial charge is 0.343 e. The van der Waals surface area contributed by atoms with Crippen LogP contribution < -0.4 is 0 Å². The van der Waals surface area contributed by atoms with E-state index < -0.39 is 0 Å². The van der Waals surface area contributed by atoms with Crippen molar-refractivity contribution in [3.63, 3.8) is 0 Å². The molecule has 1 rings (SSSR count). The zero-order valence-corrected chi connectivity index (χ0v) is 10.9. The maximum absolute atomic E-state index is 11.7. The summed E-state index contributed by atoms with van der Waals surface area (Å²) in [6, 6.07) is 9.56. The smallest absolute Gasteiger partial charge is 0.230 e. The molecule has 1 aromatic carbocycles. The molecule has 96 valence electrons. The van der Waals surface area contributed by atoms with E-state index >= 15 is 0 Å². The fourth-order valence-electron chi connectivity index (χ4n) is 1.65. The van der Waals surface area contributed by atoms with Crippen molar-refractivity contribution in [2.75, 3.05) is 13.1 Å². The average molecular weight is 245 g/mol. The van der Waals surface area contributed by atoms with Crippen molar-refractivity contribution in [2.45, 2.75) is 20.3 Å². The minimum Gasteiger partial charge on any atom is -0.343 e. The van der Waals surface area contributed by atoms with Gasteiger partial charge in [0.15, 0.2) is 5.78 Å². The fourth-order valence-corrected chi connectivity index (χ4v) is 1.65. The van der Waals surface area contributed by atoms with Gasteiger partial charge in [0.05, 0.1) is 6.42 Å². The lowest BCUT2D eigenvalue weighted by Gasteiger charge is -2.17. The number of ketones is 1. The second kappa shape index (κ2) is 7.43. The monoisotopic (exact) mass is 245 g/mol. The third-order valence-corrected chi connectivity index (χ3v) is 2.70. The number of benzene rings is 1. The van der Waals surface area contributed by atoms with Crippen molar-refractivity contribution < 1.29 is 9.59 Å². The molecule has 0 aromatic heterocycles. The Bertz CT molecular complexity index is 419. The van der Waals surface area contributed by atoms with Gasteiger partial charge in [-0.3, -0.25) is 9.59 Å². The number of nitrogens with zero attached hydrogens (tertiary/aromatic N) is 1. The Balaban J connectivity index is 2.52. The van der Waals surface area contributed by atoms with Crippen LogP contribution in [0.3, 0.4) is 0 Å². The van der Waals surface area contributed by atoms with Gasteiger partial charge in [-0.1, -0.05) is 36.4 Å². The van der Waals surface area contributed by atoms with Crippen molar-refractivity contribution >= 4 is 17.8 Å². The Morgan fingerprint density at radius 2 is 1.72 bits per heavy atom. The SMILES string of the molecule is CCN(CC)C(=O)CC(=O)/C=C/c1ccccc1. The first-order valence-corrected chi connectivity index (χ1v) is 6.21. The maximum atomic E-state index is 11.7. The number of rotatable bonds is 6. The van der Waals surface area contributed by atoms with Crippen LogP contribution in [0.25, 0.3) is 6.08 Å². The standard InChI is InChI=1S/C15H19NO2/c1-3-16(4-2)15(18)12-14(17)11-10-13-8-6-5-7-9-13/h5-11H,3-4,12H2,1-2H3/b11-10+. The second-order valence-electron chi connectivity index (χ2n) is 3.95. The molecule has 0 aliphatic carbocycles. The second-order valence-corrected chi connectivity index (χ2v) is 3.95. The zero-order valence-electron chi connectivity index (χ0n) is 10.9. The fraction of sp³-hybridized carbons (Fsp3) is 0.333. The first-order chi connectivity index (χ1) is 8.67. The van der Waals surface area contributed by atoms with Gasteiger partial charge in [0.2, 0.25) is 5.91 Å². The highest BCUT2D eigenvalue weighted by Gasteiger charge is 2.12. The van der Waals surface area contributed by atoms with E-state index in [1.165, 1.54) is 6.08 Å². The summed E-state index contributed by atoms with van der Waals surface area (Å²) in [5, 5.41) is 0. The molecule has 0 aliphatic heterocycles. The Morgan fingerprint density at radius 1 is 1.11 bits per heavy atom. The van der Waals surface area contributed by atoms with Crippen LogP contribution in [0.1, 0.15) is 25.8 Å². The van der Waals surface area contributed by atoms with E-state index in [0.717, 1.165) is 5.56 Å². The number of hydrogen-bond donors (Lipinski definition) is 0. The lowest BCUT2D eigenvalue weighted by molar-refractivity contribution is -0.133. The summed E-state index contributed by atoms with van der Waals surface area (Å²) in [5.41, 5.74) is 0.959. The topological polar surface area (TPSA) is 37.4 Å². The number of hydrogen-bond acceptors (Lipinski definition) is 2. The summed E-state index contributed by atoms with van der Waals surface area (Å²) in [5.74, 6) is -0.265. The van der Waals surface area contributed by atoms with Gasteiger partial charge in [-0.15, -0.1) is 0 Å². The molecule has 0 atom stereocenters. The summed E-state index contributed by atoms with van der Waals surface area (Å²) in [6.07, 6.45) is 3.15. The van der Waals surface area contributed by atoms with E-state index in [2.05, 4.69) is 0 Å². The highest BCUT2D eigenvalue weighted by molar-refractivity contribution is 6.05. The van der Waals surface area contributed by atoms with Crippen molar-refractivity contribution in [3.05, 3.63) is 42.0 Å².